The molecular weight excluding hydrogens is 206 g/mol. The van der Waals surface area contributed by atoms with E-state index in [4.69, 9.17) is 4.52 Å². The lowest BCUT2D eigenvalue weighted by Gasteiger charge is -2.19. The molecule has 4 heteroatoms. The van der Waals surface area contributed by atoms with E-state index in [1.54, 1.807) is 0 Å². The molecule has 2 aliphatic rings. The highest BCUT2D eigenvalue weighted by Crippen LogP contribution is 2.45. The fourth-order valence-electron chi connectivity index (χ4n) is 2.63. The van der Waals surface area contributed by atoms with Crippen LogP contribution in [0.5, 0.6) is 0 Å². The normalized spacial score (nSPS) is 23.5. The summed E-state index contributed by atoms with van der Waals surface area (Å²) in [5, 5.41) is 13.4. The third kappa shape index (κ3) is 1.36. The van der Waals surface area contributed by atoms with Gasteiger partial charge in [0.2, 0.25) is 0 Å². The molecular formula is C12H15NO3. The van der Waals surface area contributed by atoms with E-state index in [-0.39, 0.29) is 0 Å². The second kappa shape index (κ2) is 3.34. The minimum absolute atomic E-state index is 0.494. The first-order valence-electron chi connectivity index (χ1n) is 5.93. The van der Waals surface area contributed by atoms with Gasteiger partial charge in [-0.25, -0.2) is 0 Å². The number of rotatable bonds is 3. The summed E-state index contributed by atoms with van der Waals surface area (Å²) in [6, 6.07) is 1.87. The summed E-state index contributed by atoms with van der Waals surface area (Å²) in [5.41, 5.74) is -0.129. The first-order valence-corrected chi connectivity index (χ1v) is 5.93. The maximum absolute atomic E-state index is 11.4. The number of aromatic nitrogens is 1. The summed E-state index contributed by atoms with van der Waals surface area (Å²) < 4.78 is 5.26. The molecule has 0 atom stereocenters. The standard InChI is InChI=1S/C12H15NO3/c14-11(15)12(5-1-2-6-12)10-7-9(16-13-10)8-3-4-8/h7-8H,1-6H2,(H,14,15). The molecule has 1 N–H and O–H groups in total. The third-order valence-electron chi connectivity index (χ3n) is 3.86. The average molecular weight is 221 g/mol. The maximum Gasteiger partial charge on any atom is 0.315 e. The zero-order valence-corrected chi connectivity index (χ0v) is 9.11. The Hall–Kier alpha value is -1.32. The van der Waals surface area contributed by atoms with Crippen molar-refractivity contribution >= 4 is 5.97 Å². The molecule has 0 aliphatic heterocycles. The molecule has 1 aromatic rings. The Kier molecular flexibility index (Phi) is 2.06. The van der Waals surface area contributed by atoms with Gasteiger partial charge >= 0.3 is 5.97 Å². The summed E-state index contributed by atoms with van der Waals surface area (Å²) >= 11 is 0. The molecule has 0 saturated heterocycles. The topological polar surface area (TPSA) is 63.3 Å². The Bertz CT molecular complexity index is 414. The highest BCUT2D eigenvalue weighted by atomic mass is 16.5. The van der Waals surface area contributed by atoms with Crippen molar-refractivity contribution in [2.75, 3.05) is 0 Å². The van der Waals surface area contributed by atoms with Crippen molar-refractivity contribution in [3.63, 3.8) is 0 Å². The largest absolute Gasteiger partial charge is 0.481 e. The van der Waals surface area contributed by atoms with Crippen molar-refractivity contribution in [1.82, 2.24) is 5.16 Å². The van der Waals surface area contributed by atoms with Crippen LogP contribution in [-0.2, 0) is 10.2 Å². The van der Waals surface area contributed by atoms with E-state index in [9.17, 15) is 9.90 Å². The van der Waals surface area contributed by atoms with E-state index in [2.05, 4.69) is 5.16 Å². The summed E-state index contributed by atoms with van der Waals surface area (Å²) in [7, 11) is 0. The van der Waals surface area contributed by atoms with Crippen molar-refractivity contribution < 1.29 is 14.4 Å². The van der Waals surface area contributed by atoms with Crippen LogP contribution in [0.2, 0.25) is 0 Å². The van der Waals surface area contributed by atoms with Crippen LogP contribution in [0.1, 0.15) is 55.9 Å². The van der Waals surface area contributed by atoms with Crippen LogP contribution in [0.15, 0.2) is 10.6 Å². The zero-order chi connectivity index (χ0) is 11.2. The molecule has 0 amide bonds. The van der Waals surface area contributed by atoms with E-state index >= 15 is 0 Å². The number of carbonyl (C=O) groups is 1. The highest BCUT2D eigenvalue weighted by molar-refractivity contribution is 5.81. The van der Waals surface area contributed by atoms with Gasteiger partial charge in [-0.3, -0.25) is 4.79 Å². The van der Waals surface area contributed by atoms with Gasteiger partial charge in [0.15, 0.2) is 0 Å². The Labute approximate surface area is 93.6 Å². The summed E-state index contributed by atoms with van der Waals surface area (Å²) in [6.07, 6.45) is 5.62. The van der Waals surface area contributed by atoms with E-state index in [0.29, 0.717) is 24.5 Å². The van der Waals surface area contributed by atoms with E-state index < -0.39 is 11.4 Å². The second-order valence-corrected chi connectivity index (χ2v) is 4.98. The minimum Gasteiger partial charge on any atom is -0.481 e. The van der Waals surface area contributed by atoms with E-state index in [1.807, 2.05) is 6.07 Å². The van der Waals surface area contributed by atoms with Crippen molar-refractivity contribution in [3.05, 3.63) is 17.5 Å². The summed E-state index contributed by atoms with van der Waals surface area (Å²) in [5.74, 6) is 0.622. The lowest BCUT2D eigenvalue weighted by Crippen LogP contribution is -2.32. The molecule has 1 aromatic heterocycles. The lowest BCUT2D eigenvalue weighted by atomic mass is 9.82. The van der Waals surface area contributed by atoms with Gasteiger partial charge in [-0.1, -0.05) is 18.0 Å². The van der Waals surface area contributed by atoms with Crippen molar-refractivity contribution in [2.45, 2.75) is 49.9 Å². The quantitative estimate of drug-likeness (QED) is 0.851. The molecule has 0 spiro atoms. The first kappa shape index (κ1) is 9.87. The fraction of sp³-hybridized carbons (Fsp3) is 0.667. The fourth-order valence-corrected chi connectivity index (χ4v) is 2.63. The molecule has 2 aliphatic carbocycles. The number of carboxylic acids is 1. The number of carboxylic acid groups (broad SMARTS) is 1. The Morgan fingerprint density at radius 1 is 1.44 bits per heavy atom. The zero-order valence-electron chi connectivity index (χ0n) is 9.11. The van der Waals surface area contributed by atoms with Gasteiger partial charge in [0.25, 0.3) is 0 Å². The van der Waals surface area contributed by atoms with Crippen LogP contribution in [0.3, 0.4) is 0 Å². The van der Waals surface area contributed by atoms with Crippen molar-refractivity contribution in [3.8, 4) is 0 Å². The minimum atomic E-state index is -0.767. The van der Waals surface area contributed by atoms with Crippen LogP contribution >= 0.6 is 0 Å². The predicted octanol–water partition coefficient (Wildman–Crippen LogP) is 2.45. The van der Waals surface area contributed by atoms with Crippen molar-refractivity contribution in [1.29, 1.82) is 0 Å². The molecule has 16 heavy (non-hydrogen) atoms. The third-order valence-corrected chi connectivity index (χ3v) is 3.86. The first-order chi connectivity index (χ1) is 7.72. The van der Waals surface area contributed by atoms with Crippen LogP contribution in [0, 0.1) is 0 Å². The maximum atomic E-state index is 11.4. The Balaban J connectivity index is 1.95. The van der Waals surface area contributed by atoms with Crippen LogP contribution in [-0.4, -0.2) is 16.2 Å². The number of hydrogen-bond donors (Lipinski definition) is 1. The predicted molar refractivity (Wildman–Crippen MR) is 56.3 cm³/mol. The van der Waals surface area contributed by atoms with Gasteiger partial charge in [-0.15, -0.1) is 0 Å². The van der Waals surface area contributed by atoms with Crippen LogP contribution in [0.4, 0.5) is 0 Å². The molecule has 1 heterocycles. The SMILES string of the molecule is O=C(O)C1(c2cc(C3CC3)on2)CCCC1. The summed E-state index contributed by atoms with van der Waals surface area (Å²) in [4.78, 5) is 11.4. The molecule has 2 fully saturated rings. The summed E-state index contributed by atoms with van der Waals surface area (Å²) in [6.45, 7) is 0. The molecule has 0 aromatic carbocycles. The Morgan fingerprint density at radius 2 is 2.12 bits per heavy atom. The van der Waals surface area contributed by atoms with Gasteiger partial charge in [0, 0.05) is 12.0 Å². The van der Waals surface area contributed by atoms with Gasteiger partial charge in [0.1, 0.15) is 16.9 Å². The van der Waals surface area contributed by atoms with E-state index in [0.717, 1.165) is 31.4 Å². The van der Waals surface area contributed by atoms with Crippen LogP contribution in [0.25, 0.3) is 0 Å². The lowest BCUT2D eigenvalue weighted by molar-refractivity contribution is -0.143. The van der Waals surface area contributed by atoms with Gasteiger partial charge < -0.3 is 9.63 Å². The van der Waals surface area contributed by atoms with Gasteiger partial charge in [-0.05, 0) is 25.7 Å². The van der Waals surface area contributed by atoms with E-state index in [1.165, 1.54) is 0 Å². The van der Waals surface area contributed by atoms with Crippen molar-refractivity contribution in [2.24, 2.45) is 0 Å². The van der Waals surface area contributed by atoms with Crippen LogP contribution < -0.4 is 0 Å². The average Bonchev–Trinajstić information content (AvgIpc) is 2.83. The van der Waals surface area contributed by atoms with Gasteiger partial charge in [-0.2, -0.15) is 0 Å². The second-order valence-electron chi connectivity index (χ2n) is 4.98. The molecule has 86 valence electrons. The number of aliphatic carboxylic acids is 1. The smallest absolute Gasteiger partial charge is 0.315 e. The molecule has 0 radical (unpaired) electrons. The number of nitrogens with zero attached hydrogens (tertiary/aromatic N) is 1. The molecule has 4 nitrogen and oxygen atoms in total. The molecule has 0 unspecified atom stereocenters. The highest BCUT2D eigenvalue weighted by Gasteiger charge is 2.46. The van der Waals surface area contributed by atoms with Gasteiger partial charge in [0.05, 0.1) is 0 Å². The number of hydrogen-bond acceptors (Lipinski definition) is 3. The molecule has 3 rings (SSSR count). The molecule has 2 saturated carbocycles. The molecule has 0 bridgehead atoms. The monoisotopic (exact) mass is 221 g/mol. The Morgan fingerprint density at radius 3 is 2.69 bits per heavy atom.